The van der Waals surface area contributed by atoms with E-state index in [1.165, 1.54) is 12.1 Å². The van der Waals surface area contributed by atoms with E-state index in [0.29, 0.717) is 6.42 Å². The van der Waals surface area contributed by atoms with Gasteiger partial charge in [-0.15, -0.1) is 0 Å². The van der Waals surface area contributed by atoms with Gasteiger partial charge >= 0.3 is 0 Å². The van der Waals surface area contributed by atoms with Gasteiger partial charge in [-0.2, -0.15) is 0 Å². The molecule has 1 aliphatic carbocycles. The van der Waals surface area contributed by atoms with Crippen LogP contribution in [0.15, 0.2) is 36.0 Å². The van der Waals surface area contributed by atoms with Crippen LogP contribution in [0.2, 0.25) is 0 Å². The SMILES string of the molecule is O=C1CCCC/C1=C\Nc1ccc([N+](=O)[O-])cc1. The minimum absolute atomic E-state index is 0.0574. The number of hydrogen-bond donors (Lipinski definition) is 1. The van der Waals surface area contributed by atoms with E-state index in [9.17, 15) is 14.9 Å². The number of non-ortho nitro benzene ring substituents is 1. The van der Waals surface area contributed by atoms with Gasteiger partial charge in [-0.05, 0) is 31.4 Å². The molecule has 1 aromatic rings. The molecule has 0 unspecified atom stereocenters. The number of nitro benzene ring substituents is 1. The summed E-state index contributed by atoms with van der Waals surface area (Å²) in [6, 6.07) is 6.12. The Morgan fingerprint density at radius 2 is 1.83 bits per heavy atom. The number of nitrogens with zero attached hydrogens (tertiary/aromatic N) is 1. The Labute approximate surface area is 105 Å². The van der Waals surface area contributed by atoms with E-state index in [1.807, 2.05) is 0 Å². The van der Waals surface area contributed by atoms with Crippen molar-refractivity contribution >= 4 is 17.2 Å². The molecule has 0 radical (unpaired) electrons. The number of anilines is 1. The standard InChI is InChI=1S/C13H14N2O3/c16-13-4-2-1-3-10(13)9-14-11-5-7-12(8-6-11)15(17)18/h5-9,14H,1-4H2/b10-9+. The number of rotatable bonds is 3. The second-order valence-electron chi connectivity index (χ2n) is 4.25. The number of carbonyl (C=O) groups is 1. The van der Waals surface area contributed by atoms with Crippen molar-refractivity contribution in [1.29, 1.82) is 0 Å². The van der Waals surface area contributed by atoms with Crippen molar-refractivity contribution < 1.29 is 9.72 Å². The number of hydrogen-bond acceptors (Lipinski definition) is 4. The van der Waals surface area contributed by atoms with Crippen LogP contribution in [0.3, 0.4) is 0 Å². The molecular formula is C13H14N2O3. The molecule has 1 N–H and O–H groups in total. The van der Waals surface area contributed by atoms with Crippen LogP contribution >= 0.6 is 0 Å². The Morgan fingerprint density at radius 3 is 2.44 bits per heavy atom. The van der Waals surface area contributed by atoms with Crippen LogP contribution in [-0.2, 0) is 4.79 Å². The highest BCUT2D eigenvalue weighted by molar-refractivity contribution is 5.96. The van der Waals surface area contributed by atoms with Crippen molar-refractivity contribution in [2.24, 2.45) is 0 Å². The molecule has 0 spiro atoms. The van der Waals surface area contributed by atoms with Crippen molar-refractivity contribution in [2.75, 3.05) is 5.32 Å². The Balaban J connectivity index is 2.03. The molecule has 5 nitrogen and oxygen atoms in total. The summed E-state index contributed by atoms with van der Waals surface area (Å²) in [7, 11) is 0. The number of nitrogens with one attached hydrogen (secondary N) is 1. The monoisotopic (exact) mass is 246 g/mol. The highest BCUT2D eigenvalue weighted by Gasteiger charge is 2.14. The number of nitro groups is 1. The number of ketones is 1. The Bertz CT molecular complexity index is 491. The molecule has 0 heterocycles. The lowest BCUT2D eigenvalue weighted by Gasteiger charge is -2.12. The number of carbonyl (C=O) groups excluding carboxylic acids is 1. The van der Waals surface area contributed by atoms with Crippen LogP contribution in [0.1, 0.15) is 25.7 Å². The van der Waals surface area contributed by atoms with E-state index in [2.05, 4.69) is 5.32 Å². The molecule has 0 aliphatic heterocycles. The Hall–Kier alpha value is -2.17. The largest absolute Gasteiger partial charge is 0.361 e. The maximum Gasteiger partial charge on any atom is 0.269 e. The topological polar surface area (TPSA) is 72.2 Å². The van der Waals surface area contributed by atoms with Gasteiger partial charge in [-0.1, -0.05) is 0 Å². The van der Waals surface area contributed by atoms with E-state index in [-0.39, 0.29) is 11.5 Å². The first kappa shape index (κ1) is 12.3. The molecule has 0 saturated heterocycles. The minimum atomic E-state index is -0.438. The van der Waals surface area contributed by atoms with E-state index in [1.54, 1.807) is 18.3 Å². The van der Waals surface area contributed by atoms with Gasteiger partial charge in [0.15, 0.2) is 5.78 Å². The molecular weight excluding hydrogens is 232 g/mol. The van der Waals surface area contributed by atoms with Gasteiger partial charge < -0.3 is 5.32 Å². The maximum atomic E-state index is 11.6. The zero-order chi connectivity index (χ0) is 13.0. The highest BCUT2D eigenvalue weighted by atomic mass is 16.6. The molecule has 18 heavy (non-hydrogen) atoms. The Kier molecular flexibility index (Phi) is 3.72. The van der Waals surface area contributed by atoms with Gasteiger partial charge in [-0.25, -0.2) is 0 Å². The fourth-order valence-corrected chi connectivity index (χ4v) is 1.90. The van der Waals surface area contributed by atoms with Crippen LogP contribution in [0, 0.1) is 10.1 Å². The first-order valence-electron chi connectivity index (χ1n) is 5.90. The van der Waals surface area contributed by atoms with E-state index < -0.39 is 4.92 Å². The van der Waals surface area contributed by atoms with Crippen LogP contribution in [0.4, 0.5) is 11.4 Å². The number of allylic oxidation sites excluding steroid dienone is 1. The quantitative estimate of drug-likeness (QED) is 0.505. The average molecular weight is 246 g/mol. The normalized spacial score (nSPS) is 17.8. The third kappa shape index (κ3) is 2.94. The molecule has 1 aromatic carbocycles. The first-order valence-corrected chi connectivity index (χ1v) is 5.90. The summed E-state index contributed by atoms with van der Waals surface area (Å²) in [6.07, 6.45) is 5.14. The second kappa shape index (κ2) is 5.44. The number of benzene rings is 1. The summed E-state index contributed by atoms with van der Waals surface area (Å²) in [5.41, 5.74) is 1.60. The maximum absolute atomic E-state index is 11.6. The van der Waals surface area contributed by atoms with Crippen LogP contribution in [-0.4, -0.2) is 10.7 Å². The predicted molar refractivity (Wildman–Crippen MR) is 68.3 cm³/mol. The summed E-state index contributed by atoms with van der Waals surface area (Å²) in [5, 5.41) is 13.5. The third-order valence-corrected chi connectivity index (χ3v) is 2.95. The van der Waals surface area contributed by atoms with Crippen molar-refractivity contribution in [3.8, 4) is 0 Å². The predicted octanol–water partition coefficient (Wildman–Crippen LogP) is 3.03. The van der Waals surface area contributed by atoms with E-state index in [0.717, 1.165) is 30.5 Å². The summed E-state index contributed by atoms with van der Waals surface area (Å²) < 4.78 is 0. The van der Waals surface area contributed by atoms with E-state index in [4.69, 9.17) is 0 Å². The molecule has 0 bridgehead atoms. The fourth-order valence-electron chi connectivity index (χ4n) is 1.90. The molecule has 1 saturated carbocycles. The molecule has 94 valence electrons. The van der Waals surface area contributed by atoms with Gasteiger partial charge in [-0.3, -0.25) is 14.9 Å². The molecule has 0 amide bonds. The second-order valence-corrected chi connectivity index (χ2v) is 4.25. The Morgan fingerprint density at radius 1 is 1.17 bits per heavy atom. The zero-order valence-electron chi connectivity index (χ0n) is 9.89. The minimum Gasteiger partial charge on any atom is -0.361 e. The fraction of sp³-hybridized carbons (Fsp3) is 0.308. The van der Waals surface area contributed by atoms with E-state index >= 15 is 0 Å². The smallest absolute Gasteiger partial charge is 0.269 e. The lowest BCUT2D eigenvalue weighted by molar-refractivity contribution is -0.384. The van der Waals surface area contributed by atoms with Gasteiger partial charge in [0.05, 0.1) is 4.92 Å². The third-order valence-electron chi connectivity index (χ3n) is 2.95. The zero-order valence-corrected chi connectivity index (χ0v) is 9.89. The van der Waals surface area contributed by atoms with Gasteiger partial charge in [0.25, 0.3) is 5.69 Å². The van der Waals surface area contributed by atoms with Crippen molar-refractivity contribution in [3.05, 3.63) is 46.2 Å². The lowest BCUT2D eigenvalue weighted by Crippen LogP contribution is -2.09. The van der Waals surface area contributed by atoms with Crippen LogP contribution < -0.4 is 5.32 Å². The molecule has 1 fully saturated rings. The average Bonchev–Trinajstić information content (AvgIpc) is 2.38. The molecule has 2 rings (SSSR count). The highest BCUT2D eigenvalue weighted by Crippen LogP contribution is 2.20. The van der Waals surface area contributed by atoms with Crippen molar-refractivity contribution in [1.82, 2.24) is 0 Å². The van der Waals surface area contributed by atoms with Crippen molar-refractivity contribution in [3.63, 3.8) is 0 Å². The molecule has 0 atom stereocenters. The number of Topliss-reactive ketones (excluding diaryl/α,β-unsaturated/α-hetero) is 1. The van der Waals surface area contributed by atoms with Gasteiger partial charge in [0.1, 0.15) is 0 Å². The van der Waals surface area contributed by atoms with Crippen LogP contribution in [0.5, 0.6) is 0 Å². The summed E-state index contributed by atoms with van der Waals surface area (Å²) in [6.45, 7) is 0. The lowest BCUT2D eigenvalue weighted by atomic mass is 9.94. The van der Waals surface area contributed by atoms with Gasteiger partial charge in [0, 0.05) is 36.0 Å². The summed E-state index contributed by atoms with van der Waals surface area (Å²) in [4.78, 5) is 21.6. The summed E-state index contributed by atoms with van der Waals surface area (Å²) in [5.74, 6) is 0.190. The van der Waals surface area contributed by atoms with Gasteiger partial charge in [0.2, 0.25) is 0 Å². The molecule has 1 aliphatic rings. The molecule has 0 aromatic heterocycles. The van der Waals surface area contributed by atoms with Crippen LogP contribution in [0.25, 0.3) is 0 Å². The molecule has 5 heteroatoms. The van der Waals surface area contributed by atoms with Crippen molar-refractivity contribution in [2.45, 2.75) is 25.7 Å². The summed E-state index contributed by atoms with van der Waals surface area (Å²) >= 11 is 0. The first-order chi connectivity index (χ1) is 8.66.